The van der Waals surface area contributed by atoms with Crippen molar-refractivity contribution in [2.45, 2.75) is 13.0 Å². The van der Waals surface area contributed by atoms with E-state index in [9.17, 15) is 4.39 Å². The van der Waals surface area contributed by atoms with Gasteiger partial charge in [-0.3, -0.25) is 0 Å². The van der Waals surface area contributed by atoms with Crippen molar-refractivity contribution in [3.63, 3.8) is 0 Å². The highest BCUT2D eigenvalue weighted by Crippen LogP contribution is 2.28. The van der Waals surface area contributed by atoms with Crippen LogP contribution in [-0.2, 0) is 13.0 Å². The normalized spacial score (nSPS) is 10.9. The third kappa shape index (κ3) is 4.70. The van der Waals surface area contributed by atoms with Crippen LogP contribution in [-0.4, -0.2) is 11.5 Å². The molecule has 0 unspecified atom stereocenters. The molecule has 23 heavy (non-hydrogen) atoms. The Labute approximate surface area is 147 Å². The lowest BCUT2D eigenvalue weighted by atomic mass is 10.1. The first-order valence-electron chi connectivity index (χ1n) is 7.36. The van der Waals surface area contributed by atoms with Gasteiger partial charge in [-0.05, 0) is 48.4 Å². The van der Waals surface area contributed by atoms with Crippen LogP contribution in [0.3, 0.4) is 0 Å². The van der Waals surface area contributed by atoms with Gasteiger partial charge < -0.3 is 5.32 Å². The molecule has 0 aliphatic carbocycles. The van der Waals surface area contributed by atoms with Crippen LogP contribution in [0.1, 0.15) is 10.6 Å². The number of thiazole rings is 1. The van der Waals surface area contributed by atoms with Crippen molar-refractivity contribution in [1.29, 1.82) is 0 Å². The van der Waals surface area contributed by atoms with Gasteiger partial charge in [0, 0.05) is 17.2 Å². The molecule has 3 aromatic rings. The van der Waals surface area contributed by atoms with E-state index in [1.165, 1.54) is 22.6 Å². The van der Waals surface area contributed by atoms with Gasteiger partial charge in [-0.2, -0.15) is 0 Å². The van der Waals surface area contributed by atoms with Crippen molar-refractivity contribution in [1.82, 2.24) is 10.3 Å². The van der Waals surface area contributed by atoms with E-state index < -0.39 is 0 Å². The molecule has 0 saturated carbocycles. The lowest BCUT2D eigenvalue weighted by Gasteiger charge is -2.03. The van der Waals surface area contributed by atoms with Crippen LogP contribution in [0.25, 0.3) is 10.4 Å². The molecule has 0 fully saturated rings. The van der Waals surface area contributed by atoms with Crippen LogP contribution in [0.2, 0.25) is 0 Å². The molecular weight excluding hydrogens is 375 g/mol. The molecule has 2 nitrogen and oxygen atoms in total. The Kier molecular flexibility index (Phi) is 5.54. The average Bonchev–Trinajstić information content (AvgIpc) is 3.02. The van der Waals surface area contributed by atoms with Crippen molar-refractivity contribution in [2.75, 3.05) is 6.54 Å². The molecule has 0 amide bonds. The van der Waals surface area contributed by atoms with Gasteiger partial charge in [0.2, 0.25) is 0 Å². The SMILES string of the molecule is Fc1ccc(CCNCc2ncc(-c3cccc(Br)c3)s2)cc1. The fraction of sp³-hybridized carbons (Fsp3) is 0.167. The molecule has 0 aliphatic heterocycles. The summed E-state index contributed by atoms with van der Waals surface area (Å²) in [6.07, 6.45) is 2.80. The second kappa shape index (κ2) is 7.81. The number of hydrogen-bond acceptors (Lipinski definition) is 3. The first-order valence-corrected chi connectivity index (χ1v) is 8.97. The van der Waals surface area contributed by atoms with E-state index in [2.05, 4.69) is 38.4 Å². The topological polar surface area (TPSA) is 24.9 Å². The zero-order chi connectivity index (χ0) is 16.1. The Morgan fingerprint density at radius 3 is 2.74 bits per heavy atom. The molecule has 0 spiro atoms. The molecule has 1 N–H and O–H groups in total. The number of aromatic nitrogens is 1. The number of halogens is 2. The highest BCUT2D eigenvalue weighted by molar-refractivity contribution is 9.10. The second-order valence-electron chi connectivity index (χ2n) is 5.18. The van der Waals surface area contributed by atoms with Gasteiger partial charge in [0.1, 0.15) is 10.8 Å². The fourth-order valence-corrected chi connectivity index (χ4v) is 3.53. The van der Waals surface area contributed by atoms with E-state index in [0.717, 1.165) is 34.6 Å². The minimum absolute atomic E-state index is 0.190. The molecule has 5 heteroatoms. The maximum atomic E-state index is 12.8. The fourth-order valence-electron chi connectivity index (χ4n) is 2.25. The highest BCUT2D eigenvalue weighted by atomic mass is 79.9. The molecule has 1 aromatic heterocycles. The average molecular weight is 391 g/mol. The third-order valence-electron chi connectivity index (χ3n) is 3.44. The Balaban J connectivity index is 1.50. The summed E-state index contributed by atoms with van der Waals surface area (Å²) in [5, 5.41) is 4.45. The summed E-state index contributed by atoms with van der Waals surface area (Å²) in [4.78, 5) is 5.64. The summed E-state index contributed by atoms with van der Waals surface area (Å²) < 4.78 is 13.9. The summed E-state index contributed by atoms with van der Waals surface area (Å²) in [5.74, 6) is -0.190. The molecule has 0 bridgehead atoms. The standard InChI is InChI=1S/C18H16BrFN2S/c19-15-3-1-2-14(10-15)17-11-22-18(23-17)12-21-9-8-13-4-6-16(20)7-5-13/h1-7,10-11,21H,8-9,12H2. The molecule has 0 atom stereocenters. The lowest BCUT2D eigenvalue weighted by Crippen LogP contribution is -2.16. The summed E-state index contributed by atoms with van der Waals surface area (Å²) in [7, 11) is 0. The molecule has 0 radical (unpaired) electrons. The van der Waals surface area contributed by atoms with Crippen molar-refractivity contribution in [2.24, 2.45) is 0 Å². The smallest absolute Gasteiger partial charge is 0.123 e. The van der Waals surface area contributed by atoms with Crippen LogP contribution in [0.4, 0.5) is 4.39 Å². The van der Waals surface area contributed by atoms with Gasteiger partial charge in [0.15, 0.2) is 0 Å². The molecular formula is C18H16BrFN2S. The summed E-state index contributed by atoms with van der Waals surface area (Å²) in [6.45, 7) is 1.59. The van der Waals surface area contributed by atoms with E-state index in [4.69, 9.17) is 0 Å². The minimum atomic E-state index is -0.190. The first kappa shape index (κ1) is 16.3. The quantitative estimate of drug-likeness (QED) is 0.596. The lowest BCUT2D eigenvalue weighted by molar-refractivity contribution is 0.626. The zero-order valence-electron chi connectivity index (χ0n) is 12.4. The van der Waals surface area contributed by atoms with Gasteiger partial charge in [0.25, 0.3) is 0 Å². The van der Waals surface area contributed by atoms with E-state index in [1.807, 2.05) is 30.5 Å². The summed E-state index contributed by atoms with van der Waals surface area (Å²) >= 11 is 5.19. The van der Waals surface area contributed by atoms with Crippen molar-refractivity contribution in [3.05, 3.63) is 75.6 Å². The molecule has 1 heterocycles. The van der Waals surface area contributed by atoms with E-state index in [0.29, 0.717) is 0 Å². The predicted molar refractivity (Wildman–Crippen MR) is 97.1 cm³/mol. The summed E-state index contributed by atoms with van der Waals surface area (Å²) in [5.41, 5.74) is 2.31. The number of rotatable bonds is 6. The maximum Gasteiger partial charge on any atom is 0.123 e. The van der Waals surface area contributed by atoms with Crippen molar-refractivity contribution >= 4 is 27.3 Å². The van der Waals surface area contributed by atoms with Crippen molar-refractivity contribution in [3.8, 4) is 10.4 Å². The van der Waals surface area contributed by atoms with Gasteiger partial charge in [-0.15, -0.1) is 11.3 Å². The number of nitrogens with zero attached hydrogens (tertiary/aromatic N) is 1. The van der Waals surface area contributed by atoms with Crippen LogP contribution in [0.5, 0.6) is 0 Å². The van der Waals surface area contributed by atoms with Crippen LogP contribution >= 0.6 is 27.3 Å². The molecule has 0 aliphatic rings. The van der Waals surface area contributed by atoms with Crippen molar-refractivity contribution < 1.29 is 4.39 Å². The van der Waals surface area contributed by atoms with Gasteiger partial charge in [-0.1, -0.05) is 40.2 Å². The third-order valence-corrected chi connectivity index (χ3v) is 4.98. The molecule has 118 valence electrons. The van der Waals surface area contributed by atoms with Gasteiger partial charge in [-0.25, -0.2) is 9.37 Å². The van der Waals surface area contributed by atoms with E-state index in [1.54, 1.807) is 11.3 Å². The molecule has 0 saturated heterocycles. The second-order valence-corrected chi connectivity index (χ2v) is 7.21. The van der Waals surface area contributed by atoms with E-state index in [-0.39, 0.29) is 5.82 Å². The van der Waals surface area contributed by atoms with Crippen LogP contribution < -0.4 is 5.32 Å². The van der Waals surface area contributed by atoms with E-state index >= 15 is 0 Å². The minimum Gasteiger partial charge on any atom is -0.310 e. The molecule has 3 rings (SSSR count). The zero-order valence-corrected chi connectivity index (χ0v) is 14.8. The largest absolute Gasteiger partial charge is 0.310 e. The highest BCUT2D eigenvalue weighted by Gasteiger charge is 2.05. The number of hydrogen-bond donors (Lipinski definition) is 1. The Morgan fingerprint density at radius 2 is 1.96 bits per heavy atom. The Morgan fingerprint density at radius 1 is 1.13 bits per heavy atom. The van der Waals surface area contributed by atoms with Crippen LogP contribution in [0, 0.1) is 5.82 Å². The monoisotopic (exact) mass is 390 g/mol. The number of nitrogens with one attached hydrogen (secondary N) is 1. The first-order chi connectivity index (χ1) is 11.2. The van der Waals surface area contributed by atoms with Crippen LogP contribution in [0.15, 0.2) is 59.2 Å². The molecule has 2 aromatic carbocycles. The predicted octanol–water partition coefficient (Wildman–Crippen LogP) is 5.04. The maximum absolute atomic E-state index is 12.8. The number of benzene rings is 2. The van der Waals surface area contributed by atoms with Gasteiger partial charge in [0.05, 0.1) is 4.88 Å². The summed E-state index contributed by atoms with van der Waals surface area (Å²) in [6, 6.07) is 14.9. The Hall–Kier alpha value is -1.56. The Bertz CT molecular complexity index is 771. The van der Waals surface area contributed by atoms with Gasteiger partial charge >= 0.3 is 0 Å².